The zero-order chi connectivity index (χ0) is 18.1. The number of ketones is 2. The molecule has 7 nitrogen and oxygen atoms in total. The van der Waals surface area contributed by atoms with Gasteiger partial charge in [-0.3, -0.25) is 24.5 Å². The number of carbonyl (C=O) groups is 3. The predicted molar refractivity (Wildman–Crippen MR) is 86.2 cm³/mol. The number of nitrogens with one attached hydrogen (secondary N) is 1. The second kappa shape index (κ2) is 6.51. The Labute approximate surface area is 139 Å². The molecule has 1 atom stereocenters. The van der Waals surface area contributed by atoms with Gasteiger partial charge in [-0.2, -0.15) is 0 Å². The summed E-state index contributed by atoms with van der Waals surface area (Å²) in [6.45, 7) is 5.02. The Kier molecular flexibility index (Phi) is 4.82. The summed E-state index contributed by atoms with van der Waals surface area (Å²) in [5.74, 6) is -1.76. The van der Waals surface area contributed by atoms with Crippen LogP contribution in [0.2, 0.25) is 0 Å². The number of Topliss-reactive ketones (excluding diaryl/α,β-unsaturated/α-hetero) is 2. The summed E-state index contributed by atoms with van der Waals surface area (Å²) in [4.78, 5) is 46.8. The third-order valence-electron chi connectivity index (χ3n) is 4.15. The van der Waals surface area contributed by atoms with Crippen LogP contribution in [-0.4, -0.2) is 22.4 Å². The van der Waals surface area contributed by atoms with Crippen LogP contribution in [0.15, 0.2) is 24.3 Å². The molecule has 1 amide bonds. The molecule has 1 aromatic carbocycles. The van der Waals surface area contributed by atoms with E-state index in [-0.39, 0.29) is 41.4 Å². The molecule has 1 N–H and O–H groups in total. The normalized spacial score (nSPS) is 19.0. The molecule has 24 heavy (non-hydrogen) atoms. The van der Waals surface area contributed by atoms with Crippen LogP contribution in [0, 0.1) is 21.4 Å². The van der Waals surface area contributed by atoms with Crippen molar-refractivity contribution in [1.82, 2.24) is 5.32 Å². The van der Waals surface area contributed by atoms with Crippen molar-refractivity contribution in [2.24, 2.45) is 11.3 Å². The highest BCUT2D eigenvalue weighted by Gasteiger charge is 2.44. The van der Waals surface area contributed by atoms with E-state index in [2.05, 4.69) is 5.32 Å². The van der Waals surface area contributed by atoms with Gasteiger partial charge in [-0.05, 0) is 11.0 Å². The number of rotatable bonds is 4. The van der Waals surface area contributed by atoms with Crippen LogP contribution >= 0.6 is 0 Å². The van der Waals surface area contributed by atoms with E-state index in [9.17, 15) is 24.5 Å². The number of carbonyl (C=O) groups excluding carboxylic acids is 3. The standard InChI is InChI=1S/C17H20N2O5/c1-10(20)18-16(11-4-6-12(7-5-11)19(23)24)15-13(21)8-17(2,3)9-14(15)22/h4-7,15-16H,8-9H2,1-3H3,(H,18,20). The summed E-state index contributed by atoms with van der Waals surface area (Å²) < 4.78 is 0. The molecular weight excluding hydrogens is 312 g/mol. The average molecular weight is 332 g/mol. The molecule has 2 rings (SSSR count). The first-order chi connectivity index (χ1) is 11.1. The minimum Gasteiger partial charge on any atom is -0.348 e. The molecule has 1 aromatic rings. The molecule has 7 heteroatoms. The molecule has 0 bridgehead atoms. The zero-order valence-electron chi connectivity index (χ0n) is 13.9. The van der Waals surface area contributed by atoms with Gasteiger partial charge in [0.05, 0.1) is 11.0 Å². The molecule has 0 aliphatic heterocycles. The summed E-state index contributed by atoms with van der Waals surface area (Å²) in [6.07, 6.45) is 0.513. The zero-order valence-corrected chi connectivity index (χ0v) is 13.9. The van der Waals surface area contributed by atoms with Crippen LogP contribution in [0.1, 0.15) is 45.2 Å². The molecule has 0 saturated heterocycles. The number of nitro benzene ring substituents is 1. The van der Waals surface area contributed by atoms with Gasteiger partial charge in [0.25, 0.3) is 5.69 Å². The first-order valence-corrected chi connectivity index (χ1v) is 7.67. The van der Waals surface area contributed by atoms with E-state index in [0.717, 1.165) is 0 Å². The minimum atomic E-state index is -0.955. The smallest absolute Gasteiger partial charge is 0.269 e. The number of nitrogens with zero attached hydrogens (tertiary/aromatic N) is 1. The topological polar surface area (TPSA) is 106 Å². The van der Waals surface area contributed by atoms with Crippen molar-refractivity contribution in [1.29, 1.82) is 0 Å². The Hall–Kier alpha value is -2.57. The Morgan fingerprint density at radius 1 is 1.21 bits per heavy atom. The number of benzene rings is 1. The van der Waals surface area contributed by atoms with E-state index in [1.807, 2.05) is 13.8 Å². The lowest BCUT2D eigenvalue weighted by Crippen LogP contribution is -2.45. The molecule has 0 aromatic heterocycles. The summed E-state index contributed by atoms with van der Waals surface area (Å²) in [7, 11) is 0. The minimum absolute atomic E-state index is 0.0947. The van der Waals surface area contributed by atoms with E-state index >= 15 is 0 Å². The van der Waals surface area contributed by atoms with Crippen molar-refractivity contribution >= 4 is 23.2 Å². The highest BCUT2D eigenvalue weighted by Crippen LogP contribution is 2.39. The fourth-order valence-corrected chi connectivity index (χ4v) is 3.16. The largest absolute Gasteiger partial charge is 0.348 e. The van der Waals surface area contributed by atoms with Crippen molar-refractivity contribution < 1.29 is 19.3 Å². The highest BCUT2D eigenvalue weighted by atomic mass is 16.6. The number of nitro groups is 1. The molecule has 1 aliphatic rings. The third kappa shape index (κ3) is 3.84. The van der Waals surface area contributed by atoms with Crippen LogP contribution in [-0.2, 0) is 14.4 Å². The number of non-ortho nitro benzene ring substituents is 1. The Balaban J connectivity index is 2.38. The number of amides is 1. The Morgan fingerprint density at radius 3 is 2.12 bits per heavy atom. The van der Waals surface area contributed by atoms with Crippen molar-refractivity contribution in [3.63, 3.8) is 0 Å². The van der Waals surface area contributed by atoms with E-state index in [1.54, 1.807) is 0 Å². The third-order valence-corrected chi connectivity index (χ3v) is 4.15. The van der Waals surface area contributed by atoms with Crippen LogP contribution < -0.4 is 5.32 Å². The summed E-state index contributed by atoms with van der Waals surface area (Å²) >= 11 is 0. The van der Waals surface area contributed by atoms with E-state index in [0.29, 0.717) is 5.56 Å². The molecule has 1 unspecified atom stereocenters. The van der Waals surface area contributed by atoms with Crippen molar-refractivity contribution in [3.05, 3.63) is 39.9 Å². The molecule has 1 aliphatic carbocycles. The van der Waals surface area contributed by atoms with Crippen LogP contribution in [0.3, 0.4) is 0 Å². The van der Waals surface area contributed by atoms with Crippen molar-refractivity contribution in [2.45, 2.75) is 39.7 Å². The molecule has 0 heterocycles. The Bertz CT molecular complexity index is 673. The van der Waals surface area contributed by atoms with Crippen LogP contribution in [0.5, 0.6) is 0 Å². The maximum atomic E-state index is 12.5. The maximum Gasteiger partial charge on any atom is 0.269 e. The molecule has 1 fully saturated rings. The fourth-order valence-electron chi connectivity index (χ4n) is 3.16. The average Bonchev–Trinajstić information content (AvgIpc) is 2.43. The summed E-state index contributed by atoms with van der Waals surface area (Å²) in [5.41, 5.74) is 0.0194. The van der Waals surface area contributed by atoms with E-state index in [4.69, 9.17) is 0 Å². The lowest BCUT2D eigenvalue weighted by atomic mass is 9.68. The summed E-state index contributed by atoms with van der Waals surface area (Å²) in [5, 5.41) is 13.4. The van der Waals surface area contributed by atoms with Gasteiger partial charge >= 0.3 is 0 Å². The SMILES string of the molecule is CC(=O)NC(c1ccc([N+](=O)[O-])cc1)C1C(=O)CC(C)(C)CC1=O. The molecule has 0 spiro atoms. The van der Waals surface area contributed by atoms with Gasteiger partial charge in [-0.15, -0.1) is 0 Å². The van der Waals surface area contributed by atoms with Gasteiger partial charge in [0, 0.05) is 31.9 Å². The van der Waals surface area contributed by atoms with E-state index < -0.39 is 16.9 Å². The van der Waals surface area contributed by atoms with Crippen molar-refractivity contribution in [3.8, 4) is 0 Å². The highest BCUT2D eigenvalue weighted by molar-refractivity contribution is 6.06. The monoisotopic (exact) mass is 332 g/mol. The maximum absolute atomic E-state index is 12.5. The van der Waals surface area contributed by atoms with Gasteiger partial charge in [-0.1, -0.05) is 26.0 Å². The molecule has 1 saturated carbocycles. The van der Waals surface area contributed by atoms with Gasteiger partial charge in [-0.25, -0.2) is 0 Å². The first-order valence-electron chi connectivity index (χ1n) is 7.67. The van der Waals surface area contributed by atoms with Crippen molar-refractivity contribution in [2.75, 3.05) is 0 Å². The van der Waals surface area contributed by atoms with Crippen LogP contribution in [0.4, 0.5) is 5.69 Å². The Morgan fingerprint density at radius 2 is 1.71 bits per heavy atom. The van der Waals surface area contributed by atoms with Gasteiger partial charge < -0.3 is 5.32 Å². The second-order valence-corrected chi connectivity index (χ2v) is 6.95. The van der Waals surface area contributed by atoms with Gasteiger partial charge in [0.15, 0.2) is 0 Å². The van der Waals surface area contributed by atoms with Gasteiger partial charge in [0.2, 0.25) is 5.91 Å². The number of hydrogen-bond acceptors (Lipinski definition) is 5. The predicted octanol–water partition coefficient (Wildman–Crippen LogP) is 2.35. The van der Waals surface area contributed by atoms with E-state index in [1.165, 1.54) is 31.2 Å². The lowest BCUT2D eigenvalue weighted by molar-refractivity contribution is -0.384. The van der Waals surface area contributed by atoms with Crippen LogP contribution in [0.25, 0.3) is 0 Å². The fraction of sp³-hybridized carbons (Fsp3) is 0.471. The second-order valence-electron chi connectivity index (χ2n) is 6.95. The first kappa shape index (κ1) is 17.8. The summed E-state index contributed by atoms with van der Waals surface area (Å²) in [6, 6.07) is 4.73. The quantitative estimate of drug-likeness (QED) is 0.517. The molecular formula is C17H20N2O5. The molecule has 0 radical (unpaired) electrons. The lowest BCUT2D eigenvalue weighted by Gasteiger charge is -2.36. The van der Waals surface area contributed by atoms with Gasteiger partial charge in [0.1, 0.15) is 17.5 Å². The number of hydrogen-bond donors (Lipinski definition) is 1. The molecule has 128 valence electrons.